The molecule has 1 atom stereocenters. The van der Waals surface area contributed by atoms with Gasteiger partial charge in [0.2, 0.25) is 0 Å². The Bertz CT molecular complexity index is 240. The zero-order valence-corrected chi connectivity index (χ0v) is 12.7. The van der Waals surface area contributed by atoms with Gasteiger partial charge in [-0.1, -0.05) is 59.7 Å². The molecule has 0 aromatic carbocycles. The molecule has 0 aliphatic heterocycles. The van der Waals surface area contributed by atoms with Crippen molar-refractivity contribution < 1.29 is 5.11 Å². The zero-order valence-electron chi connectivity index (χ0n) is 8.95. The van der Waals surface area contributed by atoms with E-state index < -0.39 is 13.5 Å². The number of alkyl halides is 5. The molecule has 1 fully saturated rings. The van der Waals surface area contributed by atoms with Crippen molar-refractivity contribution in [2.75, 3.05) is 0 Å². The Kier molecular flexibility index (Phi) is 5.01. The van der Waals surface area contributed by atoms with Gasteiger partial charge in [-0.15, -0.1) is 11.6 Å². The molecule has 6 heteroatoms. The predicted molar refractivity (Wildman–Crippen MR) is 72.2 cm³/mol. The fourth-order valence-electron chi connectivity index (χ4n) is 1.81. The highest BCUT2D eigenvalue weighted by Gasteiger charge is 2.86. The minimum Gasteiger partial charge on any atom is -0.393 e. The second-order valence-corrected chi connectivity index (χ2v) is 7.58. The smallest absolute Gasteiger partial charge is 0.174 e. The fraction of sp³-hybridized carbons (Fsp3) is 1.00. The zero-order chi connectivity index (χ0) is 12.6. The van der Waals surface area contributed by atoms with Crippen LogP contribution in [0.15, 0.2) is 0 Å². The average Bonchev–Trinajstić information content (AvgIpc) is 2.45. The lowest BCUT2D eigenvalue weighted by molar-refractivity contribution is 0.150. The summed E-state index contributed by atoms with van der Waals surface area (Å²) in [6.07, 6.45) is 3.30. The first-order valence-corrected chi connectivity index (χ1v) is 7.22. The van der Waals surface area contributed by atoms with Gasteiger partial charge in [-0.3, -0.25) is 0 Å². The van der Waals surface area contributed by atoms with Crippen LogP contribution in [0.25, 0.3) is 0 Å². The summed E-state index contributed by atoms with van der Waals surface area (Å²) in [5.41, 5.74) is 0. The maximum atomic E-state index is 9.55. The van der Waals surface area contributed by atoms with E-state index in [1.165, 1.54) is 0 Å². The van der Waals surface area contributed by atoms with Crippen molar-refractivity contribution in [1.82, 2.24) is 0 Å². The van der Waals surface area contributed by atoms with Crippen LogP contribution in [0.5, 0.6) is 0 Å². The Balaban J connectivity index is 2.35. The lowest BCUT2D eigenvalue weighted by Gasteiger charge is -2.12. The molecule has 0 amide bonds. The number of rotatable bonds is 6. The Hall–Kier alpha value is 1.41. The molecular weight excluding hydrogens is 313 g/mol. The van der Waals surface area contributed by atoms with Crippen LogP contribution in [0.2, 0.25) is 0 Å². The van der Waals surface area contributed by atoms with E-state index in [2.05, 4.69) is 0 Å². The van der Waals surface area contributed by atoms with Crippen LogP contribution in [0, 0.1) is 0 Å². The third kappa shape index (κ3) is 2.41. The Morgan fingerprint density at radius 3 is 1.88 bits per heavy atom. The highest BCUT2D eigenvalue weighted by molar-refractivity contribution is 6.75. The quantitative estimate of drug-likeness (QED) is 0.703. The van der Waals surface area contributed by atoms with Gasteiger partial charge in [0.25, 0.3) is 0 Å². The first kappa shape index (κ1) is 15.5. The summed E-state index contributed by atoms with van der Waals surface area (Å²) in [6, 6.07) is 0. The van der Waals surface area contributed by atoms with E-state index in [4.69, 9.17) is 58.0 Å². The molecule has 1 rings (SSSR count). The summed E-state index contributed by atoms with van der Waals surface area (Å²) >= 11 is 29.9. The topological polar surface area (TPSA) is 20.2 Å². The Labute approximate surface area is 121 Å². The number of hydrogen-bond donors (Lipinski definition) is 1. The molecule has 0 aromatic rings. The summed E-state index contributed by atoms with van der Waals surface area (Å²) < 4.78 is -2.61. The van der Waals surface area contributed by atoms with Gasteiger partial charge < -0.3 is 5.11 Å². The third-order valence-corrected chi connectivity index (χ3v) is 6.96. The summed E-state index contributed by atoms with van der Waals surface area (Å²) in [7, 11) is 0. The van der Waals surface area contributed by atoms with Crippen molar-refractivity contribution in [2.45, 2.75) is 58.7 Å². The van der Waals surface area contributed by atoms with Crippen LogP contribution in [0.3, 0.4) is 0 Å². The number of hydrogen-bond acceptors (Lipinski definition) is 1. The minimum absolute atomic E-state index is 0.302. The van der Waals surface area contributed by atoms with Crippen LogP contribution in [-0.4, -0.2) is 24.8 Å². The molecule has 96 valence electrons. The van der Waals surface area contributed by atoms with Crippen LogP contribution in [0.4, 0.5) is 0 Å². The molecule has 0 heterocycles. The van der Waals surface area contributed by atoms with Crippen LogP contribution in [0.1, 0.15) is 39.0 Å². The molecule has 0 saturated heterocycles. The summed E-state index contributed by atoms with van der Waals surface area (Å²) in [5, 5.41) is 9.55. The number of halogens is 5. The maximum Gasteiger partial charge on any atom is 0.174 e. The van der Waals surface area contributed by atoms with Crippen LogP contribution < -0.4 is 0 Å². The van der Waals surface area contributed by atoms with Crippen LogP contribution >= 0.6 is 58.0 Å². The van der Waals surface area contributed by atoms with Gasteiger partial charge in [-0.25, -0.2) is 0 Å². The van der Waals surface area contributed by atoms with Crippen molar-refractivity contribution in [3.8, 4) is 0 Å². The molecule has 1 aliphatic carbocycles. The first-order valence-electron chi connectivity index (χ1n) is 5.33. The largest absolute Gasteiger partial charge is 0.393 e. The molecule has 1 saturated carbocycles. The van der Waals surface area contributed by atoms with Gasteiger partial charge in [-0.2, -0.15) is 0 Å². The lowest BCUT2D eigenvalue weighted by Crippen LogP contribution is -2.13. The average molecular weight is 328 g/mol. The SMILES string of the molecule is CCCC(O)CCCC1(Cl)C(Cl)(Cl)C1(Cl)Cl. The second kappa shape index (κ2) is 5.19. The normalized spacial score (nSPS) is 26.4. The Morgan fingerprint density at radius 2 is 1.50 bits per heavy atom. The van der Waals surface area contributed by atoms with Crippen molar-refractivity contribution in [2.24, 2.45) is 0 Å². The van der Waals surface area contributed by atoms with Gasteiger partial charge >= 0.3 is 0 Å². The van der Waals surface area contributed by atoms with Gasteiger partial charge in [0.15, 0.2) is 8.67 Å². The van der Waals surface area contributed by atoms with Crippen LogP contribution in [-0.2, 0) is 0 Å². The second-order valence-electron chi connectivity index (χ2n) is 4.28. The summed E-state index contributed by atoms with van der Waals surface area (Å²) in [4.78, 5) is -1.00. The molecule has 0 aromatic heterocycles. The minimum atomic E-state index is -1.31. The van der Waals surface area contributed by atoms with E-state index in [0.717, 1.165) is 12.8 Å². The van der Waals surface area contributed by atoms with E-state index in [1.54, 1.807) is 0 Å². The standard InChI is InChI=1S/C10H15Cl5O/c1-2-4-7(16)5-3-6-8(11)9(12,13)10(8,14)15/h7,16H,2-6H2,1H3. The molecule has 16 heavy (non-hydrogen) atoms. The maximum absolute atomic E-state index is 9.55. The Morgan fingerprint density at radius 1 is 1.00 bits per heavy atom. The molecule has 1 unspecified atom stereocenters. The monoisotopic (exact) mass is 326 g/mol. The molecule has 0 spiro atoms. The van der Waals surface area contributed by atoms with Crippen molar-refractivity contribution in [3.05, 3.63) is 0 Å². The summed E-state index contributed by atoms with van der Waals surface area (Å²) in [5.74, 6) is 0. The van der Waals surface area contributed by atoms with Gasteiger partial charge in [-0.05, 0) is 25.7 Å². The molecule has 1 N–H and O–H groups in total. The number of aliphatic hydroxyl groups is 1. The molecule has 1 aliphatic rings. The van der Waals surface area contributed by atoms with Crippen molar-refractivity contribution in [1.29, 1.82) is 0 Å². The fourth-order valence-corrected chi connectivity index (χ4v) is 3.97. The van der Waals surface area contributed by atoms with Gasteiger partial charge in [0.1, 0.15) is 4.87 Å². The number of aliphatic hydroxyl groups excluding tert-OH is 1. The van der Waals surface area contributed by atoms with E-state index in [-0.39, 0.29) is 6.10 Å². The van der Waals surface area contributed by atoms with E-state index in [0.29, 0.717) is 19.3 Å². The summed E-state index contributed by atoms with van der Waals surface area (Å²) in [6.45, 7) is 2.03. The lowest BCUT2D eigenvalue weighted by atomic mass is 10.1. The van der Waals surface area contributed by atoms with E-state index in [9.17, 15) is 5.11 Å². The predicted octanol–water partition coefficient (Wildman–Crippen LogP) is 4.66. The molecule has 1 nitrogen and oxygen atoms in total. The highest BCUT2D eigenvalue weighted by Crippen LogP contribution is 2.76. The van der Waals surface area contributed by atoms with Gasteiger partial charge in [0, 0.05) is 0 Å². The molecule has 0 radical (unpaired) electrons. The van der Waals surface area contributed by atoms with E-state index >= 15 is 0 Å². The molecule has 0 bridgehead atoms. The highest BCUT2D eigenvalue weighted by atomic mass is 35.5. The van der Waals surface area contributed by atoms with E-state index in [1.807, 2.05) is 6.92 Å². The van der Waals surface area contributed by atoms with Crippen molar-refractivity contribution >= 4 is 58.0 Å². The first-order chi connectivity index (χ1) is 7.20. The third-order valence-electron chi connectivity index (χ3n) is 3.01. The van der Waals surface area contributed by atoms with Crippen molar-refractivity contribution in [3.63, 3.8) is 0 Å². The van der Waals surface area contributed by atoms with Gasteiger partial charge in [0.05, 0.1) is 6.10 Å². The molecular formula is C10H15Cl5O.